The molecule has 0 aliphatic heterocycles. The first-order valence-electron chi connectivity index (χ1n) is 4.94. The summed E-state index contributed by atoms with van der Waals surface area (Å²) in [4.78, 5) is 0. The van der Waals surface area contributed by atoms with Gasteiger partial charge in [0.2, 0.25) is 0 Å². The fourth-order valence-corrected chi connectivity index (χ4v) is 3.77. The normalized spacial score (nSPS) is 13.9. The van der Waals surface area contributed by atoms with Crippen molar-refractivity contribution in [3.63, 3.8) is 0 Å². The van der Waals surface area contributed by atoms with E-state index in [1.54, 1.807) is 18.2 Å². The van der Waals surface area contributed by atoms with Gasteiger partial charge in [-0.2, -0.15) is 0 Å². The molecule has 1 aromatic carbocycles. The van der Waals surface area contributed by atoms with Crippen molar-refractivity contribution in [1.82, 2.24) is 5.09 Å². The molecule has 1 rings (SSSR count). The average Bonchev–Trinajstić information content (AvgIpc) is 2.21. The van der Waals surface area contributed by atoms with Crippen LogP contribution in [0.4, 0.5) is 0 Å². The Bertz CT molecular complexity index is 454. The number of nitrogens with one attached hydrogen (secondary N) is 1. The monoisotopic (exact) mass is 399 g/mol. The molecular formula is C10H15Cl2NO2PRbS. The van der Waals surface area contributed by atoms with Crippen LogP contribution in [0.25, 0.3) is 0 Å². The Balaban J connectivity index is 0. The van der Waals surface area contributed by atoms with Crippen LogP contribution in [-0.4, -0.2) is 13.2 Å². The Morgan fingerprint density at radius 2 is 2.00 bits per heavy atom. The van der Waals surface area contributed by atoms with Gasteiger partial charge < -0.3 is 10.5 Å². The molecule has 1 aromatic rings. The fraction of sp³-hybridized carbons (Fsp3) is 0.400. The number of hydrogen-bond donors (Lipinski definition) is 1. The first-order chi connectivity index (χ1) is 7.86. The van der Waals surface area contributed by atoms with Crippen molar-refractivity contribution in [1.29, 1.82) is 0 Å². The van der Waals surface area contributed by atoms with E-state index in [0.29, 0.717) is 15.8 Å². The van der Waals surface area contributed by atoms with Crippen molar-refractivity contribution in [3.05, 3.63) is 28.2 Å². The number of halogens is 2. The molecule has 0 saturated heterocycles. The van der Waals surface area contributed by atoms with Gasteiger partial charge in [0.15, 0.2) is 0 Å². The first-order valence-corrected chi connectivity index (χ1v) is 8.34. The Morgan fingerprint density at radius 3 is 2.44 bits per heavy atom. The van der Waals surface area contributed by atoms with E-state index in [-0.39, 0.29) is 65.7 Å². The van der Waals surface area contributed by atoms with Gasteiger partial charge in [-0.1, -0.05) is 23.2 Å². The van der Waals surface area contributed by atoms with E-state index in [4.69, 9.17) is 44.1 Å². The minimum Gasteiger partial charge on any atom is -1.00 e. The average molecular weight is 401 g/mol. The van der Waals surface area contributed by atoms with Crippen LogP contribution >= 0.6 is 29.8 Å². The van der Waals surface area contributed by atoms with Crippen LogP contribution in [0, 0.1) is 0 Å². The van der Waals surface area contributed by atoms with Crippen LogP contribution < -0.4 is 67.8 Å². The molecule has 0 aromatic heterocycles. The summed E-state index contributed by atoms with van der Waals surface area (Å²) < 4.78 is 10.9. The van der Waals surface area contributed by atoms with E-state index >= 15 is 0 Å². The first kappa shape index (κ1) is 20.0. The van der Waals surface area contributed by atoms with Crippen LogP contribution in [0.15, 0.2) is 18.2 Å². The quantitative estimate of drug-likeness (QED) is 0.756. The molecule has 8 heteroatoms. The van der Waals surface area contributed by atoms with Gasteiger partial charge in [0.1, 0.15) is 5.75 Å². The summed E-state index contributed by atoms with van der Waals surface area (Å²) >= 11 is 17.1. The maximum atomic E-state index is 6.01. The number of hydrogen-bond acceptors (Lipinski definition) is 3. The van der Waals surface area contributed by atoms with E-state index in [9.17, 15) is 0 Å². The Morgan fingerprint density at radius 1 is 1.39 bits per heavy atom. The predicted molar refractivity (Wildman–Crippen MR) is 77.8 cm³/mol. The second kappa shape index (κ2) is 9.09. The Kier molecular flexibility index (Phi) is 10.1. The SMILES string of the molecule is COP(=S)(NC(C)C)Oc1ccc(Cl)cc1Cl.[H-].[Rb+]. The topological polar surface area (TPSA) is 30.5 Å². The third-order valence-corrected chi connectivity index (χ3v) is 5.04. The third-order valence-electron chi connectivity index (χ3n) is 1.77. The molecule has 0 radical (unpaired) electrons. The van der Waals surface area contributed by atoms with Gasteiger partial charge in [-0.25, -0.2) is 5.09 Å². The maximum Gasteiger partial charge on any atom is 1.00 e. The standard InChI is InChI=1S/C10H14Cl2NO2PS.Rb.H/c1-7(2)13-16(17,14-3)15-10-5-4-8(11)6-9(10)12;;/h4-7H,1-3H3,(H,13,17);;/q;+1;-1. The molecule has 0 amide bonds. The molecule has 0 spiro atoms. The van der Waals surface area contributed by atoms with Crippen molar-refractivity contribution >= 4 is 41.7 Å². The van der Waals surface area contributed by atoms with Gasteiger partial charge in [0, 0.05) is 18.2 Å². The van der Waals surface area contributed by atoms with Crippen molar-refractivity contribution in [2.24, 2.45) is 0 Å². The summed E-state index contributed by atoms with van der Waals surface area (Å²) in [5, 5.41) is 4.04. The molecule has 0 fully saturated rings. The summed E-state index contributed by atoms with van der Waals surface area (Å²) in [5.41, 5.74) is 0. The minimum atomic E-state index is -2.56. The zero-order valence-corrected chi connectivity index (χ0v) is 18.9. The molecule has 1 unspecified atom stereocenters. The molecule has 0 aliphatic carbocycles. The van der Waals surface area contributed by atoms with Crippen molar-refractivity contribution in [3.8, 4) is 5.75 Å². The summed E-state index contributed by atoms with van der Waals surface area (Å²) in [6.45, 7) is 1.37. The van der Waals surface area contributed by atoms with E-state index in [1.807, 2.05) is 13.8 Å². The molecular weight excluding hydrogens is 386 g/mol. The molecule has 1 atom stereocenters. The number of benzene rings is 1. The van der Waals surface area contributed by atoms with E-state index in [1.165, 1.54) is 7.11 Å². The molecule has 18 heavy (non-hydrogen) atoms. The van der Waals surface area contributed by atoms with Crippen molar-refractivity contribution in [2.45, 2.75) is 19.9 Å². The van der Waals surface area contributed by atoms with Gasteiger partial charge in [-0.05, 0) is 43.9 Å². The number of rotatable bonds is 5. The molecule has 0 saturated carbocycles. The van der Waals surface area contributed by atoms with Gasteiger partial charge in [0.25, 0.3) is 0 Å². The van der Waals surface area contributed by atoms with E-state index in [2.05, 4.69) is 5.09 Å². The molecule has 1 N–H and O–H groups in total. The van der Waals surface area contributed by atoms with Crippen molar-refractivity contribution in [2.75, 3.05) is 7.11 Å². The molecule has 3 nitrogen and oxygen atoms in total. The molecule has 0 bridgehead atoms. The summed E-state index contributed by atoms with van der Waals surface area (Å²) in [5.74, 6) is 0.467. The Labute approximate surface area is 173 Å². The zero-order valence-electron chi connectivity index (χ0n) is 11.7. The smallest absolute Gasteiger partial charge is 1.00 e. The molecule has 0 heterocycles. The predicted octanol–water partition coefficient (Wildman–Crippen LogP) is 1.36. The van der Waals surface area contributed by atoms with Crippen LogP contribution in [0.1, 0.15) is 15.3 Å². The largest absolute Gasteiger partial charge is 1.00 e. The molecule has 0 aliphatic rings. The van der Waals surface area contributed by atoms with Crippen LogP contribution in [0.3, 0.4) is 0 Å². The second-order valence-electron chi connectivity index (χ2n) is 3.63. The molecule has 98 valence electrons. The maximum absolute atomic E-state index is 6.01. The summed E-state index contributed by atoms with van der Waals surface area (Å²) in [7, 11) is 1.51. The Hall–Kier alpha value is 1.98. The van der Waals surface area contributed by atoms with Crippen molar-refractivity contribution < 1.29 is 68.7 Å². The van der Waals surface area contributed by atoms with Gasteiger partial charge >= 0.3 is 64.8 Å². The zero-order chi connectivity index (χ0) is 13.1. The summed E-state index contributed by atoms with van der Waals surface area (Å²) in [6, 6.07) is 5.12. The van der Waals surface area contributed by atoms with Gasteiger partial charge in [-0.3, -0.25) is 0 Å². The van der Waals surface area contributed by atoms with Gasteiger partial charge in [-0.15, -0.1) is 0 Å². The van der Waals surface area contributed by atoms with Gasteiger partial charge in [0.05, 0.1) is 5.02 Å². The van der Waals surface area contributed by atoms with Crippen LogP contribution in [0.2, 0.25) is 10.0 Å². The second-order valence-corrected chi connectivity index (χ2v) is 7.72. The van der Waals surface area contributed by atoms with E-state index in [0.717, 1.165) is 0 Å². The fourth-order valence-electron chi connectivity index (χ4n) is 1.11. The minimum absolute atomic E-state index is 0. The van der Waals surface area contributed by atoms with E-state index < -0.39 is 6.64 Å². The van der Waals surface area contributed by atoms with Crippen LogP contribution in [0.5, 0.6) is 5.75 Å². The summed E-state index contributed by atoms with van der Waals surface area (Å²) in [6.07, 6.45) is 0. The third kappa shape index (κ3) is 6.62. The van der Waals surface area contributed by atoms with Crippen LogP contribution in [-0.2, 0) is 16.3 Å².